The summed E-state index contributed by atoms with van der Waals surface area (Å²) in [6, 6.07) is 8.03. The van der Waals surface area contributed by atoms with Gasteiger partial charge in [-0.25, -0.2) is 0 Å². The third kappa shape index (κ3) is 3.22. The van der Waals surface area contributed by atoms with Crippen molar-refractivity contribution in [1.82, 2.24) is 4.98 Å². The topological polar surface area (TPSA) is 33.1 Å². The lowest BCUT2D eigenvalue weighted by Crippen LogP contribution is -1.90. The van der Waals surface area contributed by atoms with Crippen LogP contribution >= 0.6 is 0 Å². The summed E-state index contributed by atoms with van der Waals surface area (Å²) in [5, 5.41) is 10.1. The first-order valence-electron chi connectivity index (χ1n) is 6.67. The van der Waals surface area contributed by atoms with E-state index in [4.69, 9.17) is 0 Å². The van der Waals surface area contributed by atoms with Crippen LogP contribution in [-0.4, -0.2) is 10.1 Å². The van der Waals surface area contributed by atoms with Crippen molar-refractivity contribution in [2.45, 2.75) is 26.7 Å². The van der Waals surface area contributed by atoms with Crippen molar-refractivity contribution >= 4 is 12.2 Å². The van der Waals surface area contributed by atoms with Gasteiger partial charge in [-0.3, -0.25) is 4.98 Å². The molecule has 1 heterocycles. The van der Waals surface area contributed by atoms with Gasteiger partial charge in [-0.2, -0.15) is 0 Å². The summed E-state index contributed by atoms with van der Waals surface area (Å²) in [5.41, 5.74) is 4.21. The molecule has 0 saturated carbocycles. The number of benzene rings is 1. The van der Waals surface area contributed by atoms with Crippen LogP contribution in [0.4, 0.5) is 0 Å². The Morgan fingerprint density at radius 2 is 1.68 bits per heavy atom. The van der Waals surface area contributed by atoms with Gasteiger partial charge >= 0.3 is 0 Å². The van der Waals surface area contributed by atoms with Crippen LogP contribution in [0.2, 0.25) is 0 Å². The van der Waals surface area contributed by atoms with Gasteiger partial charge in [0.05, 0.1) is 0 Å². The molecule has 98 valence electrons. The van der Waals surface area contributed by atoms with Gasteiger partial charge in [-0.05, 0) is 53.3 Å². The molecular formula is C17H19NO. The first kappa shape index (κ1) is 13.3. The Hall–Kier alpha value is -2.09. The molecule has 0 bridgehead atoms. The average molecular weight is 253 g/mol. The molecule has 0 fully saturated rings. The van der Waals surface area contributed by atoms with E-state index in [9.17, 15) is 5.11 Å². The fourth-order valence-electron chi connectivity index (χ4n) is 2.09. The first-order chi connectivity index (χ1) is 9.24. The maximum absolute atomic E-state index is 10.1. The van der Waals surface area contributed by atoms with Gasteiger partial charge in [-0.1, -0.05) is 32.1 Å². The van der Waals surface area contributed by atoms with E-state index in [-0.39, 0.29) is 0 Å². The lowest BCUT2D eigenvalue weighted by molar-refractivity contribution is 0.462. The van der Waals surface area contributed by atoms with E-state index in [1.54, 1.807) is 6.20 Å². The van der Waals surface area contributed by atoms with Gasteiger partial charge in [0.15, 0.2) is 0 Å². The smallest absolute Gasteiger partial charge is 0.121 e. The molecule has 19 heavy (non-hydrogen) atoms. The summed E-state index contributed by atoms with van der Waals surface area (Å²) in [6.07, 6.45) is 9.38. The van der Waals surface area contributed by atoms with E-state index < -0.39 is 0 Å². The summed E-state index contributed by atoms with van der Waals surface area (Å²) < 4.78 is 0. The van der Waals surface area contributed by atoms with Crippen molar-refractivity contribution in [1.29, 1.82) is 0 Å². The Kier molecular flexibility index (Phi) is 4.35. The molecule has 0 aliphatic carbocycles. The molecule has 1 aromatic carbocycles. The third-order valence-electron chi connectivity index (χ3n) is 3.20. The van der Waals surface area contributed by atoms with Crippen LogP contribution < -0.4 is 0 Å². The highest BCUT2D eigenvalue weighted by molar-refractivity contribution is 5.70. The van der Waals surface area contributed by atoms with Crippen molar-refractivity contribution in [2.75, 3.05) is 0 Å². The van der Waals surface area contributed by atoms with Crippen LogP contribution in [-0.2, 0) is 12.8 Å². The van der Waals surface area contributed by atoms with Crippen LogP contribution in [0.25, 0.3) is 12.2 Å². The molecule has 0 radical (unpaired) electrons. The lowest BCUT2D eigenvalue weighted by atomic mass is 10.00. The SMILES string of the molecule is CCc1cc(/C=C/c2cccnc2)cc(CC)c1O. The maximum atomic E-state index is 10.1. The highest BCUT2D eigenvalue weighted by atomic mass is 16.3. The average Bonchev–Trinajstić information content (AvgIpc) is 2.47. The Labute approximate surface area is 114 Å². The van der Waals surface area contributed by atoms with Crippen molar-refractivity contribution in [3.8, 4) is 5.75 Å². The zero-order valence-electron chi connectivity index (χ0n) is 11.4. The van der Waals surface area contributed by atoms with E-state index in [1.807, 2.05) is 36.5 Å². The van der Waals surface area contributed by atoms with Crippen molar-refractivity contribution in [3.05, 3.63) is 58.9 Å². The molecule has 2 aromatic rings. The quantitative estimate of drug-likeness (QED) is 0.890. The number of phenols is 1. The van der Waals surface area contributed by atoms with E-state index in [0.717, 1.165) is 35.1 Å². The summed E-state index contributed by atoms with van der Waals surface area (Å²) in [7, 11) is 0. The molecule has 2 nitrogen and oxygen atoms in total. The minimum Gasteiger partial charge on any atom is -0.507 e. The van der Waals surface area contributed by atoms with Crippen LogP contribution in [0.3, 0.4) is 0 Å². The van der Waals surface area contributed by atoms with Crippen molar-refractivity contribution in [3.63, 3.8) is 0 Å². The minimum atomic E-state index is 0.448. The Bertz CT molecular complexity index is 548. The zero-order chi connectivity index (χ0) is 13.7. The number of aromatic hydroxyl groups is 1. The van der Waals surface area contributed by atoms with Gasteiger partial charge < -0.3 is 5.11 Å². The van der Waals surface area contributed by atoms with Gasteiger partial charge in [0.25, 0.3) is 0 Å². The van der Waals surface area contributed by atoms with Crippen LogP contribution in [0.15, 0.2) is 36.7 Å². The largest absolute Gasteiger partial charge is 0.507 e. The predicted molar refractivity (Wildman–Crippen MR) is 80.0 cm³/mol. The molecule has 0 amide bonds. The van der Waals surface area contributed by atoms with Gasteiger partial charge in [0.2, 0.25) is 0 Å². The van der Waals surface area contributed by atoms with Crippen LogP contribution in [0.1, 0.15) is 36.1 Å². The fourth-order valence-corrected chi connectivity index (χ4v) is 2.09. The highest BCUT2D eigenvalue weighted by Crippen LogP contribution is 2.26. The van der Waals surface area contributed by atoms with Crippen LogP contribution in [0, 0.1) is 0 Å². The fraction of sp³-hybridized carbons (Fsp3) is 0.235. The van der Waals surface area contributed by atoms with Crippen molar-refractivity contribution in [2.24, 2.45) is 0 Å². The van der Waals surface area contributed by atoms with E-state index in [1.165, 1.54) is 0 Å². The zero-order valence-corrected chi connectivity index (χ0v) is 11.4. The monoisotopic (exact) mass is 253 g/mol. The number of rotatable bonds is 4. The second kappa shape index (κ2) is 6.19. The number of hydrogen-bond donors (Lipinski definition) is 1. The molecule has 0 unspecified atom stereocenters. The first-order valence-corrected chi connectivity index (χ1v) is 6.67. The number of phenolic OH excluding ortho intramolecular Hbond substituents is 1. The Morgan fingerprint density at radius 1 is 1.05 bits per heavy atom. The molecule has 1 aromatic heterocycles. The molecule has 2 rings (SSSR count). The number of nitrogens with zero attached hydrogens (tertiary/aromatic N) is 1. The molecule has 2 heteroatoms. The standard InChI is InChI=1S/C17H19NO/c1-3-15-10-14(11-16(4-2)17(15)19)8-7-13-6-5-9-18-12-13/h5-12,19H,3-4H2,1-2H3/b8-7+. The van der Waals surface area contributed by atoms with E-state index >= 15 is 0 Å². The summed E-state index contributed by atoms with van der Waals surface area (Å²) >= 11 is 0. The van der Waals surface area contributed by atoms with E-state index in [0.29, 0.717) is 5.75 Å². The molecule has 0 aliphatic rings. The summed E-state index contributed by atoms with van der Waals surface area (Å²) in [6.45, 7) is 4.12. The van der Waals surface area contributed by atoms with Gasteiger partial charge in [-0.15, -0.1) is 0 Å². The highest BCUT2D eigenvalue weighted by Gasteiger charge is 2.06. The molecule has 1 N–H and O–H groups in total. The molecule has 0 spiro atoms. The number of aromatic nitrogens is 1. The Balaban J connectivity index is 2.33. The minimum absolute atomic E-state index is 0.448. The number of pyridine rings is 1. The molecule has 0 saturated heterocycles. The second-order valence-corrected chi connectivity index (χ2v) is 4.51. The number of aryl methyl sites for hydroxylation is 2. The maximum Gasteiger partial charge on any atom is 0.121 e. The van der Waals surface area contributed by atoms with Crippen LogP contribution in [0.5, 0.6) is 5.75 Å². The molecule has 0 aliphatic heterocycles. The van der Waals surface area contributed by atoms with Gasteiger partial charge in [0, 0.05) is 12.4 Å². The second-order valence-electron chi connectivity index (χ2n) is 4.51. The number of hydrogen-bond acceptors (Lipinski definition) is 2. The normalized spacial score (nSPS) is 11.1. The molecule has 0 atom stereocenters. The molecular weight excluding hydrogens is 234 g/mol. The third-order valence-corrected chi connectivity index (χ3v) is 3.20. The Morgan fingerprint density at radius 3 is 2.21 bits per heavy atom. The summed E-state index contributed by atoms with van der Waals surface area (Å²) in [4.78, 5) is 4.09. The van der Waals surface area contributed by atoms with Gasteiger partial charge in [0.1, 0.15) is 5.75 Å². The summed E-state index contributed by atoms with van der Waals surface area (Å²) in [5.74, 6) is 0.448. The van der Waals surface area contributed by atoms with E-state index in [2.05, 4.69) is 24.9 Å². The lowest BCUT2D eigenvalue weighted by Gasteiger charge is -2.09. The predicted octanol–water partition coefficient (Wildman–Crippen LogP) is 4.08. The van der Waals surface area contributed by atoms with Crippen molar-refractivity contribution < 1.29 is 5.11 Å².